The number of rotatable bonds is 11. The van der Waals surface area contributed by atoms with Crippen molar-refractivity contribution in [1.82, 2.24) is 0 Å². The second-order valence-corrected chi connectivity index (χ2v) is 4.89. The minimum Gasteiger partial charge on any atom is -0.463 e. The van der Waals surface area contributed by atoms with Gasteiger partial charge in [-0.25, -0.2) is 4.79 Å². The van der Waals surface area contributed by atoms with E-state index >= 15 is 0 Å². The first kappa shape index (κ1) is 17.9. The molecule has 0 bridgehead atoms. The van der Waals surface area contributed by atoms with Crippen molar-refractivity contribution in [3.8, 4) is 0 Å². The van der Waals surface area contributed by atoms with Gasteiger partial charge in [-0.3, -0.25) is 4.79 Å². The zero-order chi connectivity index (χ0) is 14.5. The third-order valence-corrected chi connectivity index (χ3v) is 2.92. The smallest absolute Gasteiger partial charge is 0.347 e. The lowest BCUT2D eigenvalue weighted by molar-refractivity contribution is -0.165. The minimum atomic E-state index is -0.799. The van der Waals surface area contributed by atoms with Gasteiger partial charge in [0, 0.05) is 6.92 Å². The van der Waals surface area contributed by atoms with Crippen LogP contribution in [0.1, 0.15) is 72.1 Å². The third kappa shape index (κ3) is 11.7. The van der Waals surface area contributed by atoms with Crippen LogP contribution in [0.2, 0.25) is 0 Å². The number of unbranched alkanes of at least 4 members (excludes halogenated alkanes) is 7. The average molecular weight is 272 g/mol. The Morgan fingerprint density at radius 2 is 1.47 bits per heavy atom. The molecule has 0 radical (unpaired) electrons. The summed E-state index contributed by atoms with van der Waals surface area (Å²) in [5, 5.41) is 0. The van der Waals surface area contributed by atoms with Crippen LogP contribution in [0.15, 0.2) is 0 Å². The van der Waals surface area contributed by atoms with Crippen molar-refractivity contribution < 1.29 is 19.1 Å². The van der Waals surface area contributed by atoms with Gasteiger partial charge >= 0.3 is 11.9 Å². The molecule has 0 amide bonds. The zero-order valence-electron chi connectivity index (χ0n) is 12.6. The molecule has 1 atom stereocenters. The molecule has 0 aromatic heterocycles. The molecule has 0 rings (SSSR count). The van der Waals surface area contributed by atoms with E-state index in [1.54, 1.807) is 0 Å². The Morgan fingerprint density at radius 3 is 2.00 bits per heavy atom. The van der Waals surface area contributed by atoms with E-state index in [2.05, 4.69) is 6.92 Å². The predicted octanol–water partition coefficient (Wildman–Crippen LogP) is 3.62. The fraction of sp³-hybridized carbons (Fsp3) is 0.867. The van der Waals surface area contributed by atoms with E-state index in [4.69, 9.17) is 9.47 Å². The van der Waals surface area contributed by atoms with E-state index in [0.29, 0.717) is 6.61 Å². The summed E-state index contributed by atoms with van der Waals surface area (Å²) >= 11 is 0. The molecule has 112 valence electrons. The highest BCUT2D eigenvalue weighted by atomic mass is 16.6. The standard InChI is InChI=1S/C15H28O4/c1-4-5-6-7-8-9-10-11-12-18-15(17)13(2)19-14(3)16/h13H,4-12H2,1-3H3. The zero-order valence-corrected chi connectivity index (χ0v) is 12.6. The summed E-state index contributed by atoms with van der Waals surface area (Å²) in [6, 6.07) is 0. The van der Waals surface area contributed by atoms with Crippen LogP contribution in [0, 0.1) is 0 Å². The molecule has 0 N–H and O–H groups in total. The van der Waals surface area contributed by atoms with E-state index in [1.807, 2.05) is 0 Å². The van der Waals surface area contributed by atoms with Crippen molar-refractivity contribution in [3.63, 3.8) is 0 Å². The summed E-state index contributed by atoms with van der Waals surface area (Å²) in [4.78, 5) is 22.0. The van der Waals surface area contributed by atoms with Crippen LogP contribution in [0.4, 0.5) is 0 Å². The average Bonchev–Trinajstić information content (AvgIpc) is 2.35. The van der Waals surface area contributed by atoms with Crippen molar-refractivity contribution in [2.75, 3.05) is 6.61 Å². The first-order valence-electron chi connectivity index (χ1n) is 7.41. The highest BCUT2D eigenvalue weighted by Crippen LogP contribution is 2.08. The highest BCUT2D eigenvalue weighted by molar-refractivity contribution is 5.78. The molecule has 0 aliphatic carbocycles. The predicted molar refractivity (Wildman–Crippen MR) is 74.8 cm³/mol. The Morgan fingerprint density at radius 1 is 0.947 bits per heavy atom. The molecular formula is C15H28O4. The molecule has 0 aromatic rings. The summed E-state index contributed by atoms with van der Waals surface area (Å²) in [6.07, 6.45) is 8.85. The van der Waals surface area contributed by atoms with Gasteiger partial charge in [0.15, 0.2) is 6.10 Å². The quantitative estimate of drug-likeness (QED) is 0.426. The number of esters is 2. The molecule has 0 aliphatic heterocycles. The van der Waals surface area contributed by atoms with Crippen molar-refractivity contribution in [3.05, 3.63) is 0 Å². The van der Waals surface area contributed by atoms with Gasteiger partial charge in [0.1, 0.15) is 0 Å². The molecule has 4 nitrogen and oxygen atoms in total. The molecule has 0 aliphatic rings. The van der Waals surface area contributed by atoms with Gasteiger partial charge in [-0.1, -0.05) is 51.9 Å². The Bertz CT molecular complexity index is 251. The number of carbonyl (C=O) groups excluding carboxylic acids is 2. The maximum atomic E-state index is 11.4. The van der Waals surface area contributed by atoms with Crippen LogP contribution in [-0.2, 0) is 19.1 Å². The van der Waals surface area contributed by atoms with Crippen LogP contribution in [0.5, 0.6) is 0 Å². The molecule has 19 heavy (non-hydrogen) atoms. The van der Waals surface area contributed by atoms with Gasteiger partial charge in [0.2, 0.25) is 0 Å². The van der Waals surface area contributed by atoms with Gasteiger partial charge in [-0.15, -0.1) is 0 Å². The minimum absolute atomic E-state index is 0.416. The molecule has 0 fully saturated rings. The fourth-order valence-electron chi connectivity index (χ4n) is 1.82. The van der Waals surface area contributed by atoms with E-state index in [9.17, 15) is 9.59 Å². The van der Waals surface area contributed by atoms with Crippen LogP contribution >= 0.6 is 0 Å². The lowest BCUT2D eigenvalue weighted by Crippen LogP contribution is -2.25. The lowest BCUT2D eigenvalue weighted by Gasteiger charge is -2.11. The highest BCUT2D eigenvalue weighted by Gasteiger charge is 2.16. The summed E-state index contributed by atoms with van der Waals surface area (Å²) in [7, 11) is 0. The molecule has 0 spiro atoms. The van der Waals surface area contributed by atoms with Crippen molar-refractivity contribution >= 4 is 11.9 Å². The molecule has 4 heteroatoms. The lowest BCUT2D eigenvalue weighted by atomic mass is 10.1. The maximum Gasteiger partial charge on any atom is 0.347 e. The molecule has 0 aromatic carbocycles. The second-order valence-electron chi connectivity index (χ2n) is 4.89. The van der Waals surface area contributed by atoms with E-state index < -0.39 is 18.0 Å². The largest absolute Gasteiger partial charge is 0.463 e. The number of hydrogen-bond acceptors (Lipinski definition) is 4. The van der Waals surface area contributed by atoms with E-state index in [1.165, 1.54) is 52.4 Å². The van der Waals surface area contributed by atoms with Crippen molar-refractivity contribution in [1.29, 1.82) is 0 Å². The first-order valence-corrected chi connectivity index (χ1v) is 7.41. The summed E-state index contributed by atoms with van der Waals surface area (Å²) < 4.78 is 9.77. The second kappa shape index (κ2) is 12.0. The number of carbonyl (C=O) groups is 2. The van der Waals surface area contributed by atoms with Gasteiger partial charge in [0.05, 0.1) is 6.61 Å². The van der Waals surface area contributed by atoms with Gasteiger partial charge in [-0.2, -0.15) is 0 Å². The normalized spacial score (nSPS) is 11.9. The van der Waals surface area contributed by atoms with Crippen LogP contribution in [0.25, 0.3) is 0 Å². The molecular weight excluding hydrogens is 244 g/mol. The molecule has 0 heterocycles. The Balaban J connectivity index is 3.34. The Labute approximate surface area is 116 Å². The molecule has 0 saturated heterocycles. The van der Waals surface area contributed by atoms with Crippen molar-refractivity contribution in [2.24, 2.45) is 0 Å². The topological polar surface area (TPSA) is 52.6 Å². The van der Waals surface area contributed by atoms with E-state index in [-0.39, 0.29) is 0 Å². The molecule has 1 unspecified atom stereocenters. The SMILES string of the molecule is CCCCCCCCCCOC(=O)C(C)OC(C)=O. The van der Waals surface area contributed by atoms with Crippen LogP contribution in [0.3, 0.4) is 0 Å². The summed E-state index contributed by atoms with van der Waals surface area (Å²) in [5.74, 6) is -0.922. The molecule has 0 saturated carbocycles. The summed E-state index contributed by atoms with van der Waals surface area (Å²) in [5.41, 5.74) is 0. The van der Waals surface area contributed by atoms with Gasteiger partial charge < -0.3 is 9.47 Å². The number of ether oxygens (including phenoxy) is 2. The monoisotopic (exact) mass is 272 g/mol. The van der Waals surface area contributed by atoms with Crippen LogP contribution in [-0.4, -0.2) is 24.6 Å². The Hall–Kier alpha value is -1.06. The third-order valence-electron chi connectivity index (χ3n) is 2.92. The van der Waals surface area contributed by atoms with Crippen LogP contribution < -0.4 is 0 Å². The fourth-order valence-corrected chi connectivity index (χ4v) is 1.82. The first-order chi connectivity index (χ1) is 9.07. The van der Waals surface area contributed by atoms with Gasteiger partial charge in [-0.05, 0) is 13.3 Å². The van der Waals surface area contributed by atoms with E-state index in [0.717, 1.165) is 12.8 Å². The Kier molecular flexibility index (Phi) is 11.3. The van der Waals surface area contributed by atoms with Gasteiger partial charge in [0.25, 0.3) is 0 Å². The van der Waals surface area contributed by atoms with Crippen molar-refractivity contribution in [2.45, 2.75) is 78.2 Å². The maximum absolute atomic E-state index is 11.4. The number of hydrogen-bond donors (Lipinski definition) is 0. The summed E-state index contributed by atoms with van der Waals surface area (Å²) in [6.45, 7) is 5.43.